The molecule has 28 heavy (non-hydrogen) atoms. The van der Waals surface area contributed by atoms with Crippen molar-refractivity contribution in [2.75, 3.05) is 5.75 Å². The van der Waals surface area contributed by atoms with Crippen LogP contribution < -0.4 is 10.9 Å². The molecule has 1 amide bonds. The molecule has 4 rings (SSSR count). The van der Waals surface area contributed by atoms with Crippen LogP contribution in [0, 0.1) is 5.82 Å². The molecule has 0 saturated carbocycles. The number of carbonyl (C=O) groups is 1. The molecule has 0 bridgehead atoms. The Morgan fingerprint density at radius 1 is 1.18 bits per heavy atom. The number of carbonyl (C=O) groups excluding carboxylic acids is 1. The Kier molecular flexibility index (Phi) is 5.25. The molecule has 1 aliphatic rings. The van der Waals surface area contributed by atoms with Crippen LogP contribution in [-0.2, 0) is 6.54 Å². The molecule has 2 aromatic carbocycles. The topological polar surface area (TPSA) is 64.0 Å². The molecule has 2 heterocycles. The number of halogens is 1. The Labute approximate surface area is 165 Å². The number of aromatic nitrogens is 2. The van der Waals surface area contributed by atoms with Crippen molar-refractivity contribution in [2.45, 2.75) is 23.9 Å². The van der Waals surface area contributed by atoms with Crippen molar-refractivity contribution >= 4 is 17.7 Å². The van der Waals surface area contributed by atoms with E-state index in [9.17, 15) is 14.0 Å². The maximum Gasteiger partial charge on any atom is 0.272 e. The first-order valence-corrected chi connectivity index (χ1v) is 9.94. The van der Waals surface area contributed by atoms with E-state index >= 15 is 0 Å². The SMILES string of the molecule is O=C(NC1CCSc2ccc(F)cc21)c1ccc(=O)n(Cc2ccccc2)n1. The number of fused-ring (bicyclic) bond motifs is 1. The molecular weight excluding hydrogens is 377 g/mol. The molecule has 5 nitrogen and oxygen atoms in total. The molecule has 1 unspecified atom stereocenters. The van der Waals surface area contributed by atoms with E-state index in [1.54, 1.807) is 17.8 Å². The van der Waals surface area contributed by atoms with E-state index in [1.165, 1.54) is 28.9 Å². The van der Waals surface area contributed by atoms with Gasteiger partial charge >= 0.3 is 0 Å². The summed E-state index contributed by atoms with van der Waals surface area (Å²) in [4.78, 5) is 25.8. The summed E-state index contributed by atoms with van der Waals surface area (Å²) >= 11 is 1.65. The zero-order valence-corrected chi connectivity index (χ0v) is 15.8. The van der Waals surface area contributed by atoms with Gasteiger partial charge in [0.05, 0.1) is 12.6 Å². The van der Waals surface area contributed by atoms with Crippen LogP contribution in [0.25, 0.3) is 0 Å². The minimum atomic E-state index is -0.381. The maximum atomic E-state index is 13.7. The molecule has 0 fully saturated rings. The molecule has 1 N–H and O–H groups in total. The lowest BCUT2D eigenvalue weighted by molar-refractivity contribution is 0.0927. The van der Waals surface area contributed by atoms with Gasteiger partial charge in [0.15, 0.2) is 0 Å². The predicted molar refractivity (Wildman–Crippen MR) is 106 cm³/mol. The van der Waals surface area contributed by atoms with Crippen molar-refractivity contribution in [1.82, 2.24) is 15.1 Å². The third kappa shape index (κ3) is 3.99. The number of nitrogens with zero attached hydrogens (tertiary/aromatic N) is 2. The van der Waals surface area contributed by atoms with Crippen molar-refractivity contribution in [1.29, 1.82) is 0 Å². The number of hydrogen-bond acceptors (Lipinski definition) is 4. The van der Waals surface area contributed by atoms with Crippen LogP contribution in [0.5, 0.6) is 0 Å². The van der Waals surface area contributed by atoms with Crippen molar-refractivity contribution in [3.05, 3.63) is 93.7 Å². The van der Waals surface area contributed by atoms with Crippen LogP contribution in [0.4, 0.5) is 4.39 Å². The summed E-state index contributed by atoms with van der Waals surface area (Å²) < 4.78 is 14.9. The van der Waals surface area contributed by atoms with Gasteiger partial charge in [-0.25, -0.2) is 9.07 Å². The second-order valence-corrected chi connectivity index (χ2v) is 7.68. The van der Waals surface area contributed by atoms with E-state index in [0.717, 1.165) is 21.8 Å². The average molecular weight is 395 g/mol. The van der Waals surface area contributed by atoms with Crippen molar-refractivity contribution in [3.8, 4) is 0 Å². The molecule has 0 aliphatic carbocycles. The lowest BCUT2D eigenvalue weighted by Crippen LogP contribution is -2.33. The summed E-state index contributed by atoms with van der Waals surface area (Å²) in [6, 6.07) is 16.6. The molecule has 1 atom stereocenters. The Bertz CT molecular complexity index is 1070. The monoisotopic (exact) mass is 395 g/mol. The normalized spacial score (nSPS) is 15.7. The number of benzene rings is 2. The van der Waals surface area contributed by atoms with Crippen LogP contribution in [0.1, 0.15) is 34.1 Å². The molecule has 142 valence electrons. The van der Waals surface area contributed by atoms with Crippen LogP contribution >= 0.6 is 11.8 Å². The number of hydrogen-bond donors (Lipinski definition) is 1. The minimum Gasteiger partial charge on any atom is -0.344 e. The standard InChI is InChI=1S/C21H18FN3O2S/c22-15-6-8-19-16(12-15)17(10-11-28-19)23-21(27)18-7-9-20(26)25(24-18)13-14-4-2-1-3-5-14/h1-9,12,17H,10-11,13H2,(H,23,27). The zero-order valence-electron chi connectivity index (χ0n) is 15.0. The van der Waals surface area contributed by atoms with Crippen LogP contribution in [0.15, 0.2) is 70.4 Å². The lowest BCUT2D eigenvalue weighted by Gasteiger charge is -2.25. The molecule has 1 aliphatic heterocycles. The van der Waals surface area contributed by atoms with E-state index < -0.39 is 0 Å². The van der Waals surface area contributed by atoms with E-state index in [2.05, 4.69) is 10.4 Å². The Morgan fingerprint density at radius 2 is 2.00 bits per heavy atom. The van der Waals surface area contributed by atoms with Gasteiger partial charge in [-0.1, -0.05) is 30.3 Å². The summed E-state index contributed by atoms with van der Waals surface area (Å²) in [7, 11) is 0. The van der Waals surface area contributed by atoms with Gasteiger partial charge in [-0.05, 0) is 41.8 Å². The molecule has 0 spiro atoms. The number of nitrogens with one attached hydrogen (secondary N) is 1. The summed E-state index contributed by atoms with van der Waals surface area (Å²) in [5, 5.41) is 7.15. The molecular formula is C21H18FN3O2S. The number of rotatable bonds is 4. The summed E-state index contributed by atoms with van der Waals surface area (Å²) in [5.74, 6) is 0.133. The fourth-order valence-electron chi connectivity index (χ4n) is 3.19. The highest BCUT2D eigenvalue weighted by Crippen LogP contribution is 2.36. The van der Waals surface area contributed by atoms with Gasteiger partial charge in [0.2, 0.25) is 0 Å². The Hall–Kier alpha value is -2.93. The highest BCUT2D eigenvalue weighted by Gasteiger charge is 2.24. The van der Waals surface area contributed by atoms with Crippen LogP contribution in [-0.4, -0.2) is 21.4 Å². The maximum absolute atomic E-state index is 13.7. The van der Waals surface area contributed by atoms with Gasteiger partial charge < -0.3 is 5.32 Å². The third-order valence-electron chi connectivity index (χ3n) is 4.59. The highest BCUT2D eigenvalue weighted by atomic mass is 32.2. The number of thioether (sulfide) groups is 1. The number of amides is 1. The molecule has 0 radical (unpaired) electrons. The fraction of sp³-hybridized carbons (Fsp3) is 0.190. The molecule has 0 saturated heterocycles. The zero-order chi connectivity index (χ0) is 19.5. The van der Waals surface area contributed by atoms with E-state index in [0.29, 0.717) is 6.42 Å². The Balaban J connectivity index is 1.56. The lowest BCUT2D eigenvalue weighted by atomic mass is 10.0. The Morgan fingerprint density at radius 3 is 2.82 bits per heavy atom. The van der Waals surface area contributed by atoms with Gasteiger partial charge in [-0.15, -0.1) is 11.8 Å². The highest BCUT2D eigenvalue weighted by molar-refractivity contribution is 7.99. The molecule has 7 heteroatoms. The smallest absolute Gasteiger partial charge is 0.272 e. The molecule has 3 aromatic rings. The van der Waals surface area contributed by atoms with Crippen molar-refractivity contribution in [2.24, 2.45) is 0 Å². The van der Waals surface area contributed by atoms with Crippen LogP contribution in [0.3, 0.4) is 0 Å². The molecule has 1 aromatic heterocycles. The van der Waals surface area contributed by atoms with Gasteiger partial charge in [-0.2, -0.15) is 5.10 Å². The first-order valence-electron chi connectivity index (χ1n) is 8.95. The quantitative estimate of drug-likeness (QED) is 0.735. The van der Waals surface area contributed by atoms with E-state index in [4.69, 9.17) is 0 Å². The summed E-state index contributed by atoms with van der Waals surface area (Å²) in [5.41, 5.74) is 1.58. The average Bonchev–Trinajstić information content (AvgIpc) is 2.71. The van der Waals surface area contributed by atoms with E-state index in [-0.39, 0.29) is 35.6 Å². The first-order chi connectivity index (χ1) is 13.6. The van der Waals surface area contributed by atoms with Crippen molar-refractivity contribution < 1.29 is 9.18 Å². The van der Waals surface area contributed by atoms with Crippen LogP contribution in [0.2, 0.25) is 0 Å². The van der Waals surface area contributed by atoms with Gasteiger partial charge in [-0.3, -0.25) is 9.59 Å². The van der Waals surface area contributed by atoms with Crippen molar-refractivity contribution in [3.63, 3.8) is 0 Å². The summed E-state index contributed by atoms with van der Waals surface area (Å²) in [6.45, 7) is 0.287. The largest absolute Gasteiger partial charge is 0.344 e. The van der Waals surface area contributed by atoms with Gasteiger partial charge in [0, 0.05) is 16.7 Å². The minimum absolute atomic E-state index is 0.159. The summed E-state index contributed by atoms with van der Waals surface area (Å²) in [6.07, 6.45) is 0.705. The third-order valence-corrected chi connectivity index (χ3v) is 5.71. The van der Waals surface area contributed by atoms with Gasteiger partial charge in [0.25, 0.3) is 11.5 Å². The predicted octanol–water partition coefficient (Wildman–Crippen LogP) is 3.40. The second-order valence-electron chi connectivity index (χ2n) is 6.55. The fourth-order valence-corrected chi connectivity index (χ4v) is 4.29. The van der Waals surface area contributed by atoms with E-state index in [1.807, 2.05) is 30.3 Å². The first kappa shape index (κ1) is 18.4. The second kappa shape index (κ2) is 7.98. The van der Waals surface area contributed by atoms with Gasteiger partial charge in [0.1, 0.15) is 11.5 Å².